The zero-order chi connectivity index (χ0) is 16.0. The number of hydrogen-bond acceptors (Lipinski definition) is 1. The molecule has 113 valence electrons. The third-order valence-corrected chi connectivity index (χ3v) is 4.80. The van der Waals surface area contributed by atoms with Crippen molar-refractivity contribution in [2.24, 2.45) is 0 Å². The highest BCUT2D eigenvalue weighted by molar-refractivity contribution is 6.23. The topological polar surface area (TPSA) is 37.0 Å². The van der Waals surface area contributed by atoms with E-state index < -0.39 is 11.9 Å². The molecule has 1 radical (unpaired) electrons. The first-order valence-corrected chi connectivity index (χ1v) is 8.08. The molecular weight excluding hydrogens is 284 g/mol. The van der Waals surface area contributed by atoms with E-state index in [0.717, 1.165) is 22.8 Å². The molecule has 0 N–H and O–H groups in total. The van der Waals surface area contributed by atoms with E-state index >= 15 is 0 Å². The molecule has 4 rings (SSSR count). The molecule has 0 amide bonds. The molecule has 0 spiro atoms. The first-order chi connectivity index (χ1) is 11.2. The average Bonchev–Trinajstić information content (AvgIpc) is 2.57. The first kappa shape index (κ1) is 14.0. The predicted molar refractivity (Wildman–Crippen MR) is 93.5 cm³/mol. The van der Waals surface area contributed by atoms with Crippen LogP contribution in [-0.2, 0) is 9.90 Å². The average molecular weight is 301 g/mol. The van der Waals surface area contributed by atoms with Crippen molar-refractivity contribution in [3.8, 4) is 0 Å². The number of rotatable bonds is 4. The summed E-state index contributed by atoms with van der Waals surface area (Å²) in [4.78, 5) is 11.6. The standard InChI is InChI=1S/C21H17O2/c1-2-4-18(21(22)23)16-11-9-15-8-7-13-5-3-6-14-10-12-17(16)20(15)19(13)14/h3,5-12,18H,2,4H2,1H3. The van der Waals surface area contributed by atoms with Crippen molar-refractivity contribution in [2.45, 2.75) is 25.7 Å². The molecule has 0 saturated carbocycles. The van der Waals surface area contributed by atoms with E-state index in [1.54, 1.807) is 0 Å². The van der Waals surface area contributed by atoms with Gasteiger partial charge in [-0.1, -0.05) is 67.9 Å². The monoisotopic (exact) mass is 301 g/mol. The quantitative estimate of drug-likeness (QED) is 0.463. The fourth-order valence-corrected chi connectivity index (χ4v) is 3.75. The van der Waals surface area contributed by atoms with Gasteiger partial charge in [-0.15, -0.1) is 0 Å². The highest BCUT2D eigenvalue weighted by atomic mass is 16.4. The van der Waals surface area contributed by atoms with E-state index in [2.05, 4.69) is 42.5 Å². The van der Waals surface area contributed by atoms with Crippen LogP contribution in [0.15, 0.2) is 54.6 Å². The lowest BCUT2D eigenvalue weighted by Gasteiger charge is -2.17. The van der Waals surface area contributed by atoms with Crippen LogP contribution < -0.4 is 0 Å². The minimum Gasteiger partial charge on any atom is -0.247 e. The molecule has 0 fully saturated rings. The van der Waals surface area contributed by atoms with Gasteiger partial charge in [-0.25, -0.2) is 9.90 Å². The molecule has 0 aromatic heterocycles. The maximum atomic E-state index is 11.6. The second kappa shape index (κ2) is 5.24. The van der Waals surface area contributed by atoms with Crippen molar-refractivity contribution in [1.29, 1.82) is 0 Å². The summed E-state index contributed by atoms with van der Waals surface area (Å²) < 4.78 is 0. The fraction of sp³-hybridized carbons (Fsp3) is 0.190. The Morgan fingerprint density at radius 1 is 0.870 bits per heavy atom. The van der Waals surface area contributed by atoms with Crippen molar-refractivity contribution in [3.05, 3.63) is 60.2 Å². The fourth-order valence-electron chi connectivity index (χ4n) is 3.75. The van der Waals surface area contributed by atoms with Gasteiger partial charge in [0.15, 0.2) is 0 Å². The lowest BCUT2D eigenvalue weighted by atomic mass is 9.86. The number of hydrogen-bond donors (Lipinski definition) is 0. The van der Waals surface area contributed by atoms with Crippen LogP contribution in [0.4, 0.5) is 0 Å². The summed E-state index contributed by atoms with van der Waals surface area (Å²) in [6.45, 7) is 2.01. The molecule has 2 nitrogen and oxygen atoms in total. The van der Waals surface area contributed by atoms with Gasteiger partial charge in [-0.05, 0) is 44.3 Å². The lowest BCUT2D eigenvalue weighted by molar-refractivity contribution is -0.145. The van der Waals surface area contributed by atoms with Crippen molar-refractivity contribution in [3.63, 3.8) is 0 Å². The third-order valence-electron chi connectivity index (χ3n) is 4.80. The summed E-state index contributed by atoms with van der Waals surface area (Å²) in [5.74, 6) is -1.54. The Hall–Kier alpha value is -2.61. The van der Waals surface area contributed by atoms with Crippen LogP contribution in [0.5, 0.6) is 0 Å². The van der Waals surface area contributed by atoms with Gasteiger partial charge in [0, 0.05) is 0 Å². The Labute approximate surface area is 134 Å². The van der Waals surface area contributed by atoms with Gasteiger partial charge in [0.1, 0.15) is 0 Å². The number of benzene rings is 4. The van der Waals surface area contributed by atoms with Crippen molar-refractivity contribution in [1.82, 2.24) is 0 Å². The molecule has 1 atom stereocenters. The van der Waals surface area contributed by atoms with Crippen LogP contribution in [0.3, 0.4) is 0 Å². The van der Waals surface area contributed by atoms with Crippen molar-refractivity contribution >= 4 is 38.3 Å². The Bertz CT molecular complexity index is 1000. The largest absolute Gasteiger partial charge is 0.362 e. The van der Waals surface area contributed by atoms with Crippen LogP contribution in [0, 0.1) is 0 Å². The number of carbonyl (C=O) groups excluding carboxylic acids is 1. The van der Waals surface area contributed by atoms with Gasteiger partial charge in [-0.2, -0.15) is 0 Å². The minimum absolute atomic E-state index is 0.551. The zero-order valence-corrected chi connectivity index (χ0v) is 13.0. The van der Waals surface area contributed by atoms with Gasteiger partial charge in [0.2, 0.25) is 0 Å². The maximum absolute atomic E-state index is 11.6. The summed E-state index contributed by atoms with van der Waals surface area (Å²) in [5.41, 5.74) is 0.873. The Morgan fingerprint density at radius 2 is 1.48 bits per heavy atom. The normalized spacial score (nSPS) is 13.1. The maximum Gasteiger partial charge on any atom is 0.362 e. The molecule has 1 unspecified atom stereocenters. The van der Waals surface area contributed by atoms with E-state index in [9.17, 15) is 9.90 Å². The predicted octanol–water partition coefficient (Wildman–Crippen LogP) is 5.42. The smallest absolute Gasteiger partial charge is 0.247 e. The van der Waals surface area contributed by atoms with E-state index in [-0.39, 0.29) is 0 Å². The molecule has 2 heteroatoms. The van der Waals surface area contributed by atoms with E-state index in [0.29, 0.717) is 6.42 Å². The highest BCUT2D eigenvalue weighted by Crippen LogP contribution is 2.38. The molecule has 0 aliphatic carbocycles. The van der Waals surface area contributed by atoms with Crippen LogP contribution in [0.2, 0.25) is 0 Å². The van der Waals surface area contributed by atoms with Crippen LogP contribution in [0.25, 0.3) is 32.3 Å². The molecular formula is C21H17O2. The third kappa shape index (κ3) is 2.06. The van der Waals surface area contributed by atoms with E-state index in [1.807, 2.05) is 19.1 Å². The summed E-state index contributed by atoms with van der Waals surface area (Å²) in [6.07, 6.45) is 1.42. The highest BCUT2D eigenvalue weighted by Gasteiger charge is 2.23. The van der Waals surface area contributed by atoms with Crippen LogP contribution in [-0.4, -0.2) is 5.97 Å². The van der Waals surface area contributed by atoms with Gasteiger partial charge in [0.05, 0.1) is 5.92 Å². The van der Waals surface area contributed by atoms with Gasteiger partial charge in [-0.3, -0.25) is 0 Å². The van der Waals surface area contributed by atoms with Gasteiger partial charge >= 0.3 is 5.97 Å². The molecule has 0 bridgehead atoms. The second-order valence-electron chi connectivity index (χ2n) is 6.17. The Balaban J connectivity index is 2.13. The summed E-state index contributed by atoms with van der Waals surface area (Å²) in [6, 6.07) is 18.7. The van der Waals surface area contributed by atoms with Crippen LogP contribution in [0.1, 0.15) is 31.2 Å². The van der Waals surface area contributed by atoms with Crippen molar-refractivity contribution < 1.29 is 9.90 Å². The molecule has 4 aromatic rings. The SMILES string of the molecule is CCCC(C([O])=O)c1ccc2ccc3cccc4ccc1c2c34. The molecule has 0 saturated heterocycles. The van der Waals surface area contributed by atoms with Crippen molar-refractivity contribution in [2.75, 3.05) is 0 Å². The van der Waals surface area contributed by atoms with E-state index in [1.165, 1.54) is 21.5 Å². The Kier molecular flexibility index (Phi) is 3.19. The summed E-state index contributed by atoms with van der Waals surface area (Å²) in [5, 5.41) is 18.6. The summed E-state index contributed by atoms with van der Waals surface area (Å²) >= 11 is 0. The van der Waals surface area contributed by atoms with Crippen LogP contribution >= 0.6 is 0 Å². The number of carbonyl (C=O) groups is 1. The zero-order valence-electron chi connectivity index (χ0n) is 13.0. The second-order valence-corrected chi connectivity index (χ2v) is 6.17. The van der Waals surface area contributed by atoms with Gasteiger partial charge < -0.3 is 0 Å². The van der Waals surface area contributed by atoms with E-state index in [4.69, 9.17) is 0 Å². The first-order valence-electron chi connectivity index (χ1n) is 8.08. The molecule has 23 heavy (non-hydrogen) atoms. The molecule has 4 aromatic carbocycles. The minimum atomic E-state index is -0.984. The lowest BCUT2D eigenvalue weighted by Crippen LogP contribution is -2.10. The molecule has 0 heterocycles. The molecule has 0 aliphatic rings. The summed E-state index contributed by atoms with van der Waals surface area (Å²) in [7, 11) is 0. The molecule has 0 aliphatic heterocycles. The Morgan fingerprint density at radius 3 is 2.13 bits per heavy atom. The van der Waals surface area contributed by atoms with Gasteiger partial charge in [0.25, 0.3) is 0 Å².